The number of aromatic hydroxyl groups is 1. The van der Waals surface area contributed by atoms with Crippen molar-refractivity contribution in [2.24, 2.45) is 0 Å². The van der Waals surface area contributed by atoms with E-state index in [4.69, 9.17) is 10.2 Å². The van der Waals surface area contributed by atoms with Gasteiger partial charge < -0.3 is 24.9 Å². The van der Waals surface area contributed by atoms with Crippen molar-refractivity contribution in [2.75, 3.05) is 34.3 Å². The SMILES string of the molecule is C[N+](C)(C)CCO.O=C(O)c1cc(O)c2c(c1)C(=O)c1cccc([O-])c1C2=O. The van der Waals surface area contributed by atoms with Crippen molar-refractivity contribution in [3.05, 3.63) is 58.1 Å². The second-order valence-corrected chi connectivity index (χ2v) is 7.30. The summed E-state index contributed by atoms with van der Waals surface area (Å²) in [4.78, 5) is 35.6. The molecule has 8 heteroatoms. The summed E-state index contributed by atoms with van der Waals surface area (Å²) in [5.74, 6) is -4.01. The Morgan fingerprint density at radius 2 is 1.68 bits per heavy atom. The standard InChI is InChI=1S/C15H8O6.C5H14NO/c16-9-3-1-2-7-11(9)14(19)12-8(13(7)18)4-6(15(20)21)5-10(12)17;1-6(2,3)4-5-7/h1-5,16-17H,(H,20,21);7H,4-5H2,1-3H3/q;+1/p-1. The number of carbonyl (C=O) groups excluding carboxylic acids is 2. The summed E-state index contributed by atoms with van der Waals surface area (Å²) in [6.45, 7) is 1.11. The quantitative estimate of drug-likeness (QED) is 0.561. The highest BCUT2D eigenvalue weighted by Crippen LogP contribution is 2.36. The monoisotopic (exact) mass is 387 g/mol. The average molecular weight is 387 g/mol. The topological polar surface area (TPSA) is 135 Å². The van der Waals surface area contributed by atoms with Crippen LogP contribution in [0.5, 0.6) is 11.5 Å². The number of ketones is 2. The lowest BCUT2D eigenvalue weighted by molar-refractivity contribution is -0.870. The third kappa shape index (κ3) is 4.19. The van der Waals surface area contributed by atoms with Crippen molar-refractivity contribution in [1.82, 2.24) is 0 Å². The van der Waals surface area contributed by atoms with Gasteiger partial charge in [-0.2, -0.15) is 0 Å². The molecule has 1 aliphatic rings. The van der Waals surface area contributed by atoms with Crippen LogP contribution in [0, 0.1) is 0 Å². The molecule has 3 rings (SSSR count). The third-order valence-electron chi connectivity index (χ3n) is 4.10. The Balaban J connectivity index is 0.000000345. The molecule has 0 fully saturated rings. The first-order valence-electron chi connectivity index (χ1n) is 8.39. The van der Waals surface area contributed by atoms with Crippen LogP contribution in [0.3, 0.4) is 0 Å². The number of carboxylic acid groups (broad SMARTS) is 1. The fourth-order valence-corrected chi connectivity index (χ4v) is 2.69. The summed E-state index contributed by atoms with van der Waals surface area (Å²) < 4.78 is 0.844. The van der Waals surface area contributed by atoms with Crippen LogP contribution in [-0.4, -0.2) is 71.6 Å². The first-order valence-corrected chi connectivity index (χ1v) is 8.39. The summed E-state index contributed by atoms with van der Waals surface area (Å²) >= 11 is 0. The molecule has 0 amide bonds. The Morgan fingerprint density at radius 1 is 1.04 bits per heavy atom. The van der Waals surface area contributed by atoms with Crippen LogP contribution < -0.4 is 5.11 Å². The van der Waals surface area contributed by atoms with E-state index in [0.717, 1.165) is 29.2 Å². The van der Waals surface area contributed by atoms with Gasteiger partial charge in [0.2, 0.25) is 0 Å². The number of fused-ring (bicyclic) bond motifs is 2. The van der Waals surface area contributed by atoms with Gasteiger partial charge in [-0.05, 0) is 12.1 Å². The minimum absolute atomic E-state index is 0.0815. The summed E-state index contributed by atoms with van der Waals surface area (Å²) in [5, 5.41) is 39.0. The van der Waals surface area contributed by atoms with Gasteiger partial charge >= 0.3 is 5.97 Å². The Bertz CT molecular complexity index is 958. The van der Waals surface area contributed by atoms with Crippen molar-refractivity contribution in [3.8, 4) is 11.5 Å². The molecule has 1 aliphatic carbocycles. The van der Waals surface area contributed by atoms with Crippen LogP contribution in [0.2, 0.25) is 0 Å². The lowest BCUT2D eigenvalue weighted by atomic mass is 9.82. The number of quaternary nitrogens is 1. The van der Waals surface area contributed by atoms with Crippen molar-refractivity contribution >= 4 is 17.5 Å². The summed E-state index contributed by atoms with van der Waals surface area (Å²) in [6, 6.07) is 5.73. The van der Waals surface area contributed by atoms with Crippen LogP contribution in [0.15, 0.2) is 30.3 Å². The zero-order valence-corrected chi connectivity index (χ0v) is 15.7. The van der Waals surface area contributed by atoms with Crippen LogP contribution in [-0.2, 0) is 0 Å². The minimum atomic E-state index is -1.34. The van der Waals surface area contributed by atoms with E-state index >= 15 is 0 Å². The molecule has 0 heterocycles. The number of phenolic OH excluding ortho intramolecular Hbond substituents is 1. The molecule has 0 aromatic heterocycles. The Hall–Kier alpha value is -3.23. The van der Waals surface area contributed by atoms with E-state index in [1.165, 1.54) is 12.1 Å². The molecular weight excluding hydrogens is 366 g/mol. The molecule has 0 spiro atoms. The maximum Gasteiger partial charge on any atom is 0.335 e. The number of phenols is 1. The number of rotatable bonds is 3. The molecule has 2 aromatic carbocycles. The molecule has 0 atom stereocenters. The highest BCUT2D eigenvalue weighted by Gasteiger charge is 2.33. The number of hydrogen-bond acceptors (Lipinski definition) is 6. The molecular formula is C20H21NO7. The van der Waals surface area contributed by atoms with Crippen molar-refractivity contribution in [1.29, 1.82) is 0 Å². The van der Waals surface area contributed by atoms with Gasteiger partial charge in [-0.15, -0.1) is 0 Å². The highest BCUT2D eigenvalue weighted by molar-refractivity contribution is 6.30. The average Bonchev–Trinajstić information content (AvgIpc) is 2.58. The van der Waals surface area contributed by atoms with Crippen molar-refractivity contribution < 1.29 is 39.3 Å². The fourth-order valence-electron chi connectivity index (χ4n) is 2.69. The molecule has 148 valence electrons. The molecule has 0 unspecified atom stereocenters. The molecule has 28 heavy (non-hydrogen) atoms. The maximum absolute atomic E-state index is 12.3. The normalized spacial score (nSPS) is 12.6. The first kappa shape index (κ1) is 21.1. The zero-order chi connectivity index (χ0) is 21.2. The number of nitrogens with zero attached hydrogens (tertiary/aromatic N) is 1. The predicted molar refractivity (Wildman–Crippen MR) is 97.8 cm³/mol. The summed E-state index contributed by atoms with van der Waals surface area (Å²) in [5.41, 5.74) is -1.24. The minimum Gasteiger partial charge on any atom is -0.872 e. The van der Waals surface area contributed by atoms with E-state index in [-0.39, 0.29) is 34.4 Å². The van der Waals surface area contributed by atoms with Crippen LogP contribution >= 0.6 is 0 Å². The van der Waals surface area contributed by atoms with Gasteiger partial charge in [-0.25, -0.2) is 4.79 Å². The van der Waals surface area contributed by atoms with E-state index in [0.29, 0.717) is 0 Å². The number of aliphatic hydroxyl groups excluding tert-OH is 1. The lowest BCUT2D eigenvalue weighted by Gasteiger charge is -2.23. The molecule has 0 saturated carbocycles. The number of hydrogen-bond donors (Lipinski definition) is 3. The molecule has 2 aromatic rings. The van der Waals surface area contributed by atoms with Gasteiger partial charge in [0.1, 0.15) is 12.3 Å². The molecule has 8 nitrogen and oxygen atoms in total. The van der Waals surface area contributed by atoms with E-state index in [9.17, 15) is 24.6 Å². The predicted octanol–water partition coefficient (Wildman–Crippen LogP) is 0.624. The number of carboxylic acids is 1. The summed E-state index contributed by atoms with van der Waals surface area (Å²) in [7, 11) is 6.16. The van der Waals surface area contributed by atoms with Crippen LogP contribution in [0.1, 0.15) is 42.2 Å². The van der Waals surface area contributed by atoms with Crippen molar-refractivity contribution in [2.45, 2.75) is 0 Å². The van der Waals surface area contributed by atoms with Gasteiger partial charge in [0.05, 0.1) is 38.9 Å². The smallest absolute Gasteiger partial charge is 0.335 e. The van der Waals surface area contributed by atoms with Crippen LogP contribution in [0.25, 0.3) is 0 Å². The lowest BCUT2D eigenvalue weighted by Crippen LogP contribution is -2.36. The first-order chi connectivity index (χ1) is 13.0. The number of likely N-dealkylation sites (N-methyl/N-ethyl adjacent to an activating group) is 1. The van der Waals surface area contributed by atoms with Gasteiger partial charge in [0, 0.05) is 16.7 Å². The third-order valence-corrected chi connectivity index (χ3v) is 4.10. The van der Waals surface area contributed by atoms with E-state index < -0.39 is 29.0 Å². The molecule has 0 radical (unpaired) electrons. The van der Waals surface area contributed by atoms with Gasteiger partial charge in [-0.3, -0.25) is 9.59 Å². The number of aliphatic hydroxyl groups is 1. The molecule has 0 aliphatic heterocycles. The zero-order valence-electron chi connectivity index (χ0n) is 15.7. The molecule has 3 N–H and O–H groups in total. The summed E-state index contributed by atoms with van der Waals surface area (Å²) in [6.07, 6.45) is 0. The molecule has 0 bridgehead atoms. The van der Waals surface area contributed by atoms with Gasteiger partial charge in [0.15, 0.2) is 11.6 Å². The van der Waals surface area contributed by atoms with Gasteiger partial charge in [0.25, 0.3) is 0 Å². The van der Waals surface area contributed by atoms with Crippen LogP contribution in [0.4, 0.5) is 0 Å². The van der Waals surface area contributed by atoms with E-state index in [2.05, 4.69) is 21.1 Å². The number of carbonyl (C=O) groups is 3. The maximum atomic E-state index is 12.3. The second-order valence-electron chi connectivity index (χ2n) is 7.30. The van der Waals surface area contributed by atoms with E-state index in [1.807, 2.05) is 0 Å². The molecule has 0 saturated heterocycles. The Kier molecular flexibility index (Phi) is 5.86. The van der Waals surface area contributed by atoms with Crippen molar-refractivity contribution in [3.63, 3.8) is 0 Å². The Morgan fingerprint density at radius 3 is 2.18 bits per heavy atom. The van der Waals surface area contributed by atoms with E-state index in [1.54, 1.807) is 0 Å². The largest absolute Gasteiger partial charge is 0.872 e. The number of aromatic carboxylic acids is 1. The highest BCUT2D eigenvalue weighted by atomic mass is 16.4. The fraction of sp³-hybridized carbons (Fsp3) is 0.250. The second kappa shape index (κ2) is 7.79. The van der Waals surface area contributed by atoms with Gasteiger partial charge in [-0.1, -0.05) is 23.9 Å². The number of benzene rings is 2. The Labute approximate surface area is 161 Å².